The highest BCUT2D eigenvalue weighted by Gasteiger charge is 2.15. The van der Waals surface area contributed by atoms with Gasteiger partial charge in [-0.1, -0.05) is 13.8 Å². The van der Waals surface area contributed by atoms with Crippen molar-refractivity contribution in [1.82, 2.24) is 24.7 Å². The van der Waals surface area contributed by atoms with Gasteiger partial charge in [0.2, 0.25) is 5.28 Å². The van der Waals surface area contributed by atoms with Crippen molar-refractivity contribution >= 4 is 11.6 Å². The van der Waals surface area contributed by atoms with Crippen LogP contribution >= 0.6 is 11.6 Å². The lowest BCUT2D eigenvalue weighted by Gasteiger charge is -2.03. The summed E-state index contributed by atoms with van der Waals surface area (Å²) >= 11 is 6.09. The van der Waals surface area contributed by atoms with Crippen molar-refractivity contribution in [2.45, 2.75) is 40.0 Å². The Bertz CT molecular complexity index is 543. The molecule has 6 heteroatoms. The van der Waals surface area contributed by atoms with E-state index in [1.165, 1.54) is 4.68 Å². The summed E-state index contributed by atoms with van der Waals surface area (Å²) in [6.45, 7) is 7.99. The molecular formula is C12H16ClN5. The summed E-state index contributed by atoms with van der Waals surface area (Å²) in [7, 11) is 0. The van der Waals surface area contributed by atoms with Crippen molar-refractivity contribution in [3.8, 4) is 5.95 Å². The minimum absolute atomic E-state index is 0.273. The van der Waals surface area contributed by atoms with E-state index < -0.39 is 0 Å². The first-order valence-electron chi connectivity index (χ1n) is 5.96. The summed E-state index contributed by atoms with van der Waals surface area (Å²) < 4.78 is 1.49. The predicted octanol–water partition coefficient (Wildman–Crippen LogP) is 2.84. The Hall–Kier alpha value is -1.49. The Balaban J connectivity index is 2.47. The van der Waals surface area contributed by atoms with Gasteiger partial charge < -0.3 is 0 Å². The third kappa shape index (κ3) is 2.51. The molecule has 0 radical (unpaired) electrons. The standard InChI is InChI=1S/C12H16ClN5/c1-5-7(2)10-16-11(13)18(17-10)12-14-8(3)6-9(4)15-12/h6-7H,5H2,1-4H3. The highest BCUT2D eigenvalue weighted by atomic mass is 35.5. The molecule has 2 aromatic heterocycles. The van der Waals surface area contributed by atoms with Crippen LogP contribution in [-0.4, -0.2) is 24.7 Å². The van der Waals surface area contributed by atoms with Crippen molar-refractivity contribution in [3.63, 3.8) is 0 Å². The Morgan fingerprint density at radius 1 is 1.22 bits per heavy atom. The molecule has 0 saturated heterocycles. The second kappa shape index (κ2) is 5.02. The van der Waals surface area contributed by atoms with Gasteiger partial charge in [0.15, 0.2) is 5.82 Å². The van der Waals surface area contributed by atoms with E-state index in [0.29, 0.717) is 11.2 Å². The van der Waals surface area contributed by atoms with E-state index in [1.807, 2.05) is 19.9 Å². The van der Waals surface area contributed by atoms with Gasteiger partial charge in [-0.2, -0.15) is 4.68 Å². The molecule has 0 aliphatic heterocycles. The zero-order valence-electron chi connectivity index (χ0n) is 11.0. The molecule has 2 aromatic rings. The summed E-state index contributed by atoms with van der Waals surface area (Å²) in [6.07, 6.45) is 0.966. The maximum absolute atomic E-state index is 6.09. The lowest BCUT2D eigenvalue weighted by molar-refractivity contribution is 0.665. The molecule has 2 heterocycles. The first-order chi connectivity index (χ1) is 8.51. The average Bonchev–Trinajstić information content (AvgIpc) is 2.69. The summed E-state index contributed by atoms with van der Waals surface area (Å²) in [5.74, 6) is 1.47. The molecule has 0 N–H and O–H groups in total. The molecule has 0 amide bonds. The second-order valence-corrected chi connectivity index (χ2v) is 4.75. The summed E-state index contributed by atoms with van der Waals surface area (Å²) in [6, 6.07) is 1.91. The van der Waals surface area contributed by atoms with Gasteiger partial charge in [-0.05, 0) is 37.9 Å². The third-order valence-corrected chi connectivity index (χ3v) is 3.04. The van der Waals surface area contributed by atoms with E-state index in [0.717, 1.165) is 23.6 Å². The maximum Gasteiger partial charge on any atom is 0.253 e. The molecule has 0 aliphatic carbocycles. The molecule has 0 bridgehead atoms. The zero-order chi connectivity index (χ0) is 13.3. The van der Waals surface area contributed by atoms with Crippen LogP contribution in [-0.2, 0) is 0 Å². The summed E-state index contributed by atoms with van der Waals surface area (Å²) in [5, 5.41) is 4.68. The molecule has 1 atom stereocenters. The molecule has 5 nitrogen and oxygen atoms in total. The molecule has 0 aliphatic rings. The summed E-state index contributed by atoms with van der Waals surface area (Å²) in [5.41, 5.74) is 1.77. The van der Waals surface area contributed by atoms with E-state index in [4.69, 9.17) is 11.6 Å². The molecule has 96 valence electrons. The van der Waals surface area contributed by atoms with Crippen LogP contribution in [0.25, 0.3) is 5.95 Å². The minimum Gasteiger partial charge on any atom is -0.216 e. The van der Waals surface area contributed by atoms with Gasteiger partial charge >= 0.3 is 0 Å². The summed E-state index contributed by atoms with van der Waals surface area (Å²) in [4.78, 5) is 12.9. The van der Waals surface area contributed by atoms with Gasteiger partial charge in [0.1, 0.15) is 0 Å². The number of aromatic nitrogens is 5. The number of hydrogen-bond donors (Lipinski definition) is 0. The van der Waals surface area contributed by atoms with Crippen molar-refractivity contribution < 1.29 is 0 Å². The number of halogens is 1. The van der Waals surface area contributed by atoms with Crippen LogP contribution in [0.15, 0.2) is 6.07 Å². The Morgan fingerprint density at radius 3 is 2.39 bits per heavy atom. The third-order valence-electron chi connectivity index (χ3n) is 2.80. The number of hydrogen-bond acceptors (Lipinski definition) is 4. The van der Waals surface area contributed by atoms with Crippen molar-refractivity contribution in [2.75, 3.05) is 0 Å². The zero-order valence-corrected chi connectivity index (χ0v) is 11.7. The maximum atomic E-state index is 6.09. The van der Waals surface area contributed by atoms with Crippen molar-refractivity contribution in [1.29, 1.82) is 0 Å². The van der Waals surface area contributed by atoms with Gasteiger partial charge in [-0.25, -0.2) is 15.0 Å². The van der Waals surface area contributed by atoms with E-state index in [9.17, 15) is 0 Å². The van der Waals surface area contributed by atoms with E-state index in [-0.39, 0.29) is 5.92 Å². The quantitative estimate of drug-likeness (QED) is 0.856. The molecule has 0 aromatic carbocycles. The number of rotatable bonds is 3. The molecule has 18 heavy (non-hydrogen) atoms. The Labute approximate surface area is 111 Å². The fourth-order valence-electron chi connectivity index (χ4n) is 1.63. The fraction of sp³-hybridized carbons (Fsp3) is 0.500. The van der Waals surface area contributed by atoms with Gasteiger partial charge in [0.25, 0.3) is 5.95 Å². The van der Waals surface area contributed by atoms with Crippen LogP contribution in [0.3, 0.4) is 0 Å². The van der Waals surface area contributed by atoms with E-state index in [2.05, 4.69) is 33.9 Å². The van der Waals surface area contributed by atoms with Crippen LogP contribution < -0.4 is 0 Å². The molecule has 0 saturated carbocycles. The van der Waals surface area contributed by atoms with Gasteiger partial charge in [0, 0.05) is 17.3 Å². The molecule has 0 fully saturated rings. The predicted molar refractivity (Wildman–Crippen MR) is 70.1 cm³/mol. The number of nitrogens with zero attached hydrogens (tertiary/aromatic N) is 5. The molecule has 0 spiro atoms. The Morgan fingerprint density at radius 2 is 1.83 bits per heavy atom. The van der Waals surface area contributed by atoms with E-state index in [1.54, 1.807) is 0 Å². The fourth-order valence-corrected chi connectivity index (χ4v) is 1.83. The second-order valence-electron chi connectivity index (χ2n) is 4.41. The average molecular weight is 266 g/mol. The lowest BCUT2D eigenvalue weighted by atomic mass is 10.1. The normalized spacial score (nSPS) is 12.7. The van der Waals surface area contributed by atoms with Gasteiger partial charge in [-0.15, -0.1) is 5.10 Å². The SMILES string of the molecule is CCC(C)c1nc(Cl)n(-c2nc(C)cc(C)n2)n1. The van der Waals surface area contributed by atoms with E-state index >= 15 is 0 Å². The van der Waals surface area contributed by atoms with Crippen molar-refractivity contribution in [3.05, 3.63) is 28.6 Å². The minimum atomic E-state index is 0.273. The highest BCUT2D eigenvalue weighted by molar-refractivity contribution is 6.28. The highest BCUT2D eigenvalue weighted by Crippen LogP contribution is 2.19. The molecule has 1 unspecified atom stereocenters. The largest absolute Gasteiger partial charge is 0.253 e. The van der Waals surface area contributed by atoms with Crippen LogP contribution in [0.4, 0.5) is 0 Å². The lowest BCUT2D eigenvalue weighted by Crippen LogP contribution is -2.06. The van der Waals surface area contributed by atoms with Crippen LogP contribution in [0.5, 0.6) is 0 Å². The smallest absolute Gasteiger partial charge is 0.216 e. The van der Waals surface area contributed by atoms with Gasteiger partial charge in [0.05, 0.1) is 0 Å². The van der Waals surface area contributed by atoms with Crippen LogP contribution in [0.2, 0.25) is 5.28 Å². The monoisotopic (exact) mass is 265 g/mol. The van der Waals surface area contributed by atoms with Gasteiger partial charge in [-0.3, -0.25) is 0 Å². The van der Waals surface area contributed by atoms with Crippen molar-refractivity contribution in [2.24, 2.45) is 0 Å². The topological polar surface area (TPSA) is 56.5 Å². The molecule has 2 rings (SSSR count). The van der Waals surface area contributed by atoms with Crippen LogP contribution in [0.1, 0.15) is 43.4 Å². The number of aryl methyl sites for hydroxylation is 2. The first-order valence-corrected chi connectivity index (χ1v) is 6.34. The first kappa shape index (κ1) is 13.0. The molecular weight excluding hydrogens is 250 g/mol. The van der Waals surface area contributed by atoms with Crippen LogP contribution in [0, 0.1) is 13.8 Å². The Kier molecular flexibility index (Phi) is 3.61.